The van der Waals surface area contributed by atoms with E-state index in [1.165, 1.54) is 11.3 Å². The molecule has 0 aliphatic heterocycles. The van der Waals surface area contributed by atoms with Gasteiger partial charge in [0, 0.05) is 49.1 Å². The number of hydrogen-bond donors (Lipinski definition) is 2. The maximum absolute atomic E-state index is 13.5. The Morgan fingerprint density at radius 3 is 2.55 bits per heavy atom. The van der Waals surface area contributed by atoms with Crippen LogP contribution in [0.1, 0.15) is 10.5 Å². The van der Waals surface area contributed by atoms with Crippen LogP contribution in [0.15, 0.2) is 85.1 Å². The topological polar surface area (TPSA) is 92.3 Å². The van der Waals surface area contributed by atoms with Crippen LogP contribution in [-0.4, -0.2) is 66.1 Å². The van der Waals surface area contributed by atoms with Gasteiger partial charge in [-0.1, -0.05) is 53.8 Å². The number of likely N-dealkylation sites (N-methyl/N-ethyl adjacent to an activating group) is 1. The summed E-state index contributed by atoms with van der Waals surface area (Å²) in [6.45, 7) is 3.00. The maximum Gasteiger partial charge on any atom is 0.274 e. The van der Waals surface area contributed by atoms with E-state index in [1.54, 1.807) is 12.3 Å². The van der Waals surface area contributed by atoms with Gasteiger partial charge in [0.25, 0.3) is 5.91 Å². The fourth-order valence-electron chi connectivity index (χ4n) is 3.98. The van der Waals surface area contributed by atoms with Crippen molar-refractivity contribution in [1.29, 1.82) is 0 Å². The molecule has 40 heavy (non-hydrogen) atoms. The summed E-state index contributed by atoms with van der Waals surface area (Å²) in [5.74, 6) is 0.266. The Morgan fingerprint density at radius 2 is 1.75 bits per heavy atom. The van der Waals surface area contributed by atoms with Gasteiger partial charge in [-0.05, 0) is 38.4 Å². The lowest BCUT2D eigenvalue weighted by molar-refractivity contribution is 0.102. The molecule has 5 rings (SSSR count). The second-order valence-electron chi connectivity index (χ2n) is 9.19. The second kappa shape index (κ2) is 14.0. The van der Waals surface area contributed by atoms with Gasteiger partial charge in [0.2, 0.25) is 0 Å². The number of hydrogen-bond acceptors (Lipinski definition) is 8. The van der Waals surface area contributed by atoms with E-state index in [4.69, 9.17) is 9.72 Å². The van der Waals surface area contributed by atoms with Crippen molar-refractivity contribution in [2.45, 2.75) is 0 Å². The number of carbonyl (C=O) groups is 1. The van der Waals surface area contributed by atoms with E-state index in [0.717, 1.165) is 39.6 Å². The first kappa shape index (κ1) is 29.1. The Bertz CT molecular complexity index is 1530. The monoisotopic (exact) mass is 574 g/mol. The highest BCUT2D eigenvalue weighted by Gasteiger charge is 2.17. The first-order valence-corrected chi connectivity index (χ1v) is 13.6. The lowest BCUT2D eigenvalue weighted by atomic mass is 10.1. The predicted molar refractivity (Wildman–Crippen MR) is 165 cm³/mol. The minimum absolute atomic E-state index is 0. The van der Waals surface area contributed by atoms with Crippen molar-refractivity contribution >= 4 is 45.7 Å². The van der Waals surface area contributed by atoms with Crippen LogP contribution in [0.2, 0.25) is 0 Å². The zero-order valence-corrected chi connectivity index (χ0v) is 24.0. The molecule has 0 unspecified atom stereocenters. The number of aromatic nitrogens is 3. The van der Waals surface area contributed by atoms with E-state index in [1.807, 2.05) is 86.9 Å². The van der Waals surface area contributed by atoms with Crippen molar-refractivity contribution < 1.29 is 9.53 Å². The quantitative estimate of drug-likeness (QED) is 0.198. The van der Waals surface area contributed by atoms with Gasteiger partial charge < -0.3 is 20.3 Å². The van der Waals surface area contributed by atoms with Crippen LogP contribution in [0.4, 0.5) is 5.69 Å². The third kappa shape index (κ3) is 7.40. The Kier molecular flexibility index (Phi) is 10.2. The number of pyridine rings is 2. The number of halogens is 1. The first-order valence-electron chi connectivity index (χ1n) is 12.7. The third-order valence-electron chi connectivity index (χ3n) is 5.96. The molecular weight excluding hydrogens is 544 g/mol. The fraction of sp³-hybridized carbons (Fsp3) is 0.200. The van der Waals surface area contributed by atoms with Crippen LogP contribution in [0, 0.1) is 0 Å². The van der Waals surface area contributed by atoms with E-state index in [2.05, 4.69) is 25.5 Å². The van der Waals surface area contributed by atoms with E-state index in [0.29, 0.717) is 30.3 Å². The van der Waals surface area contributed by atoms with Gasteiger partial charge in [0.05, 0.1) is 11.4 Å². The molecule has 0 spiro atoms. The van der Waals surface area contributed by atoms with Crippen LogP contribution in [0.25, 0.3) is 32.2 Å². The molecule has 8 nitrogen and oxygen atoms in total. The van der Waals surface area contributed by atoms with Crippen molar-refractivity contribution in [1.82, 2.24) is 25.2 Å². The van der Waals surface area contributed by atoms with Crippen molar-refractivity contribution in [2.24, 2.45) is 0 Å². The minimum Gasteiger partial charge on any atom is -0.492 e. The standard InChI is InChI=1S/C30H30N6O2S.ClH/c1-36(2)17-15-31-16-18-38-22-19-26(21-9-4-3-5-10-21)33-27(20-22)28(37)34-24-12-7-6-11-23(24)29-35-25-13-8-14-32-30(25)39-29;/h3-14,19-20,31H,15-18H2,1-2H3,(H,34,37);1H. The van der Waals surface area contributed by atoms with Gasteiger partial charge in [-0.15, -0.1) is 12.4 Å². The average molecular weight is 575 g/mol. The van der Waals surface area contributed by atoms with Gasteiger partial charge in [0.1, 0.15) is 33.4 Å². The summed E-state index contributed by atoms with van der Waals surface area (Å²) >= 11 is 1.49. The number of benzene rings is 2. The molecule has 5 aromatic rings. The molecule has 2 aromatic carbocycles. The molecule has 0 radical (unpaired) electrons. The Labute approximate surface area is 243 Å². The molecule has 3 aromatic heterocycles. The largest absolute Gasteiger partial charge is 0.492 e. The molecule has 0 fully saturated rings. The van der Waals surface area contributed by atoms with Gasteiger partial charge in [-0.2, -0.15) is 0 Å². The normalized spacial score (nSPS) is 10.9. The zero-order valence-electron chi connectivity index (χ0n) is 22.3. The highest BCUT2D eigenvalue weighted by atomic mass is 35.5. The summed E-state index contributed by atoms with van der Waals surface area (Å²) < 4.78 is 6.03. The average Bonchev–Trinajstić information content (AvgIpc) is 3.39. The molecular formula is C30H31ClN6O2S. The summed E-state index contributed by atoms with van der Waals surface area (Å²) in [6.07, 6.45) is 1.75. The van der Waals surface area contributed by atoms with Crippen molar-refractivity contribution in [3.63, 3.8) is 0 Å². The first-order chi connectivity index (χ1) is 19.1. The Balaban J connectivity index is 0.00000370. The van der Waals surface area contributed by atoms with Crippen LogP contribution in [0.5, 0.6) is 5.75 Å². The van der Waals surface area contributed by atoms with Gasteiger partial charge >= 0.3 is 0 Å². The maximum atomic E-state index is 13.5. The van der Waals surface area contributed by atoms with E-state index >= 15 is 0 Å². The predicted octanol–water partition coefficient (Wildman–Crippen LogP) is 5.62. The molecule has 206 valence electrons. The lowest BCUT2D eigenvalue weighted by Crippen LogP contribution is -2.29. The van der Waals surface area contributed by atoms with Crippen molar-refractivity contribution in [3.8, 4) is 27.6 Å². The van der Waals surface area contributed by atoms with Gasteiger partial charge in [0.15, 0.2) is 0 Å². The molecule has 0 atom stereocenters. The Morgan fingerprint density at radius 1 is 0.950 bits per heavy atom. The van der Waals surface area contributed by atoms with Crippen molar-refractivity contribution in [2.75, 3.05) is 45.7 Å². The number of fused-ring (bicyclic) bond motifs is 1. The van der Waals surface area contributed by atoms with Crippen molar-refractivity contribution in [3.05, 3.63) is 90.8 Å². The van der Waals surface area contributed by atoms with Gasteiger partial charge in [-0.25, -0.2) is 15.0 Å². The highest BCUT2D eigenvalue weighted by Crippen LogP contribution is 2.34. The molecule has 10 heteroatoms. The molecule has 1 amide bonds. The summed E-state index contributed by atoms with van der Waals surface area (Å²) in [6, 6.07) is 24.7. The molecule has 0 bridgehead atoms. The number of carbonyl (C=O) groups excluding carboxylic acids is 1. The van der Waals surface area contributed by atoms with Crippen LogP contribution < -0.4 is 15.4 Å². The summed E-state index contributed by atoms with van der Waals surface area (Å²) in [4.78, 5) is 30.3. The van der Waals surface area contributed by atoms with Crippen LogP contribution >= 0.6 is 23.7 Å². The molecule has 0 saturated heterocycles. The smallest absolute Gasteiger partial charge is 0.274 e. The van der Waals surface area contributed by atoms with E-state index in [-0.39, 0.29) is 24.0 Å². The van der Waals surface area contributed by atoms with Crippen LogP contribution in [-0.2, 0) is 0 Å². The fourth-order valence-corrected chi connectivity index (χ4v) is 4.93. The lowest BCUT2D eigenvalue weighted by Gasteiger charge is -2.13. The summed E-state index contributed by atoms with van der Waals surface area (Å²) in [5.41, 5.74) is 4.16. The number of ether oxygens (including phenoxy) is 1. The molecule has 3 heterocycles. The zero-order chi connectivity index (χ0) is 27.0. The number of thiazole rings is 1. The molecule has 0 aliphatic carbocycles. The number of amides is 1. The second-order valence-corrected chi connectivity index (χ2v) is 10.2. The SMILES string of the molecule is CN(C)CCNCCOc1cc(C(=O)Nc2ccccc2-c2nc3cccnc3s2)nc(-c2ccccc2)c1.Cl. The van der Waals surface area contributed by atoms with E-state index < -0.39 is 0 Å². The van der Waals surface area contributed by atoms with Crippen LogP contribution in [0.3, 0.4) is 0 Å². The molecule has 0 aliphatic rings. The summed E-state index contributed by atoms with van der Waals surface area (Å²) in [5, 5.41) is 7.19. The number of para-hydroxylation sites is 1. The van der Waals surface area contributed by atoms with Gasteiger partial charge in [-0.3, -0.25) is 4.79 Å². The molecule has 0 saturated carbocycles. The number of nitrogens with one attached hydrogen (secondary N) is 2. The third-order valence-corrected chi connectivity index (χ3v) is 6.97. The number of nitrogens with zero attached hydrogens (tertiary/aromatic N) is 4. The number of rotatable bonds is 11. The van der Waals surface area contributed by atoms with E-state index in [9.17, 15) is 4.79 Å². The highest BCUT2D eigenvalue weighted by molar-refractivity contribution is 7.21. The minimum atomic E-state index is -0.326. The Hall–Kier alpha value is -3.89. The summed E-state index contributed by atoms with van der Waals surface area (Å²) in [7, 11) is 4.09. The molecule has 2 N–H and O–H groups in total. The number of anilines is 1.